The second-order valence-electron chi connectivity index (χ2n) is 5.43. The van der Waals surface area contributed by atoms with Crippen LogP contribution in [0.1, 0.15) is 23.0 Å². The first kappa shape index (κ1) is 14.3. The van der Waals surface area contributed by atoms with Crippen molar-refractivity contribution in [3.63, 3.8) is 0 Å². The molecule has 3 aromatic rings. The Morgan fingerprint density at radius 1 is 1.27 bits per heavy atom. The lowest BCUT2D eigenvalue weighted by atomic mass is 10.1. The van der Waals surface area contributed by atoms with Gasteiger partial charge >= 0.3 is 5.97 Å². The van der Waals surface area contributed by atoms with Gasteiger partial charge in [-0.2, -0.15) is 0 Å². The van der Waals surface area contributed by atoms with Crippen molar-refractivity contribution in [2.45, 2.75) is 19.4 Å². The third-order valence-corrected chi connectivity index (χ3v) is 3.71. The zero-order valence-electron chi connectivity index (χ0n) is 12.7. The monoisotopic (exact) mass is 294 g/mol. The van der Waals surface area contributed by atoms with Crippen LogP contribution in [0.4, 0.5) is 0 Å². The fourth-order valence-electron chi connectivity index (χ4n) is 2.62. The van der Waals surface area contributed by atoms with Crippen LogP contribution in [0.3, 0.4) is 0 Å². The van der Waals surface area contributed by atoms with Crippen molar-refractivity contribution in [3.8, 4) is 0 Å². The molecule has 1 aromatic carbocycles. The number of fused-ring (bicyclic) bond motifs is 1. The van der Waals surface area contributed by atoms with E-state index in [0.29, 0.717) is 12.1 Å². The van der Waals surface area contributed by atoms with Crippen molar-refractivity contribution in [3.05, 3.63) is 66.1 Å². The van der Waals surface area contributed by atoms with Gasteiger partial charge in [-0.25, -0.2) is 4.79 Å². The number of hydrogen-bond donors (Lipinski definition) is 0. The minimum atomic E-state index is -0.296. The first-order valence-corrected chi connectivity index (χ1v) is 7.29. The molecule has 0 N–H and O–H groups in total. The average molecular weight is 294 g/mol. The molecule has 4 heteroatoms. The van der Waals surface area contributed by atoms with Crippen molar-refractivity contribution < 1.29 is 9.53 Å². The van der Waals surface area contributed by atoms with Crippen LogP contribution in [0.2, 0.25) is 0 Å². The number of ether oxygens (including phenoxy) is 1. The van der Waals surface area contributed by atoms with Crippen molar-refractivity contribution >= 4 is 16.9 Å². The molecule has 2 aromatic heterocycles. The summed E-state index contributed by atoms with van der Waals surface area (Å²) in [5.41, 5.74) is 2.65. The van der Waals surface area contributed by atoms with Gasteiger partial charge in [-0.15, -0.1) is 0 Å². The molecule has 0 saturated carbocycles. The van der Waals surface area contributed by atoms with E-state index in [2.05, 4.69) is 4.98 Å². The maximum Gasteiger partial charge on any atom is 0.355 e. The number of hydrogen-bond acceptors (Lipinski definition) is 3. The summed E-state index contributed by atoms with van der Waals surface area (Å²) >= 11 is 0. The average Bonchev–Trinajstić information content (AvgIpc) is 2.86. The number of rotatable bonds is 4. The van der Waals surface area contributed by atoms with Crippen molar-refractivity contribution in [1.29, 1.82) is 0 Å². The molecule has 0 fully saturated rings. The molecule has 0 radical (unpaired) electrons. The van der Waals surface area contributed by atoms with Crippen molar-refractivity contribution in [2.24, 2.45) is 7.05 Å². The van der Waals surface area contributed by atoms with Crippen LogP contribution in [0.15, 0.2) is 54.9 Å². The molecular formula is C18H18N2O2. The van der Waals surface area contributed by atoms with Crippen LogP contribution in [-0.4, -0.2) is 21.6 Å². The lowest BCUT2D eigenvalue weighted by Gasteiger charge is -2.13. The topological polar surface area (TPSA) is 44.1 Å². The van der Waals surface area contributed by atoms with Crippen molar-refractivity contribution in [2.75, 3.05) is 0 Å². The van der Waals surface area contributed by atoms with Crippen LogP contribution in [0.25, 0.3) is 10.9 Å². The number of aryl methyl sites for hydroxylation is 1. The summed E-state index contributed by atoms with van der Waals surface area (Å²) in [5, 5.41) is 1.04. The SMILES string of the molecule is CC(Cc1cccnc1)OC(=O)c1cc2ccccc2n1C. The number of pyridine rings is 1. The van der Waals surface area contributed by atoms with E-state index < -0.39 is 0 Å². The van der Waals surface area contributed by atoms with Gasteiger partial charge in [0.05, 0.1) is 0 Å². The number of aromatic nitrogens is 2. The Kier molecular flexibility index (Phi) is 3.92. The number of benzene rings is 1. The Hall–Kier alpha value is -2.62. The van der Waals surface area contributed by atoms with E-state index in [4.69, 9.17) is 4.74 Å². The molecular weight excluding hydrogens is 276 g/mol. The van der Waals surface area contributed by atoms with Gasteiger partial charge in [0.25, 0.3) is 0 Å². The van der Waals surface area contributed by atoms with E-state index in [-0.39, 0.29) is 12.1 Å². The zero-order chi connectivity index (χ0) is 15.5. The van der Waals surface area contributed by atoms with Crippen LogP contribution in [-0.2, 0) is 18.2 Å². The smallest absolute Gasteiger partial charge is 0.355 e. The van der Waals surface area contributed by atoms with E-state index in [9.17, 15) is 4.79 Å². The highest BCUT2D eigenvalue weighted by molar-refractivity contribution is 5.95. The summed E-state index contributed by atoms with van der Waals surface area (Å²) in [4.78, 5) is 16.5. The van der Waals surface area contributed by atoms with Gasteiger partial charge in [-0.1, -0.05) is 24.3 Å². The van der Waals surface area contributed by atoms with Gasteiger partial charge in [-0.05, 0) is 30.7 Å². The third-order valence-electron chi connectivity index (χ3n) is 3.71. The molecule has 3 rings (SSSR count). The highest BCUT2D eigenvalue weighted by atomic mass is 16.5. The molecule has 0 spiro atoms. The van der Waals surface area contributed by atoms with Gasteiger partial charge < -0.3 is 9.30 Å². The summed E-state index contributed by atoms with van der Waals surface area (Å²) in [5.74, 6) is -0.296. The number of carbonyl (C=O) groups excluding carboxylic acids is 1. The van der Waals surface area contributed by atoms with E-state index in [1.165, 1.54) is 0 Å². The minimum Gasteiger partial charge on any atom is -0.458 e. The molecule has 0 aliphatic heterocycles. The predicted octanol–water partition coefficient (Wildman–Crippen LogP) is 3.36. The summed E-state index contributed by atoms with van der Waals surface area (Å²) < 4.78 is 7.43. The van der Waals surface area contributed by atoms with Gasteiger partial charge in [0.15, 0.2) is 0 Å². The maximum absolute atomic E-state index is 12.4. The number of nitrogens with zero attached hydrogens (tertiary/aromatic N) is 2. The Balaban J connectivity index is 1.74. The van der Waals surface area contributed by atoms with Gasteiger partial charge in [0.2, 0.25) is 0 Å². The molecule has 22 heavy (non-hydrogen) atoms. The molecule has 0 saturated heterocycles. The second-order valence-corrected chi connectivity index (χ2v) is 5.43. The molecule has 0 aliphatic carbocycles. The standard InChI is InChI=1S/C18H18N2O2/c1-13(10-14-6-5-9-19-12-14)22-18(21)17-11-15-7-3-4-8-16(15)20(17)2/h3-9,11-13H,10H2,1-2H3. The quantitative estimate of drug-likeness (QED) is 0.693. The highest BCUT2D eigenvalue weighted by Crippen LogP contribution is 2.19. The van der Waals surface area contributed by atoms with Gasteiger partial charge in [0.1, 0.15) is 11.8 Å². The lowest BCUT2D eigenvalue weighted by molar-refractivity contribution is 0.0332. The Morgan fingerprint density at radius 3 is 2.82 bits per heavy atom. The molecule has 0 bridgehead atoms. The summed E-state index contributed by atoms with van der Waals surface area (Å²) in [6.45, 7) is 1.90. The number of carbonyl (C=O) groups is 1. The molecule has 112 valence electrons. The van der Waals surface area contributed by atoms with E-state index in [0.717, 1.165) is 16.5 Å². The van der Waals surface area contributed by atoms with Crippen LogP contribution in [0, 0.1) is 0 Å². The second kappa shape index (κ2) is 6.02. The molecule has 4 nitrogen and oxygen atoms in total. The van der Waals surface area contributed by atoms with Crippen LogP contribution >= 0.6 is 0 Å². The number of esters is 1. The predicted molar refractivity (Wildman–Crippen MR) is 85.7 cm³/mol. The molecule has 1 unspecified atom stereocenters. The Bertz CT molecular complexity index is 793. The molecule has 2 heterocycles. The fraction of sp³-hybridized carbons (Fsp3) is 0.222. The minimum absolute atomic E-state index is 0.199. The number of para-hydroxylation sites is 1. The van der Waals surface area contributed by atoms with Gasteiger partial charge in [0, 0.05) is 36.8 Å². The maximum atomic E-state index is 12.4. The highest BCUT2D eigenvalue weighted by Gasteiger charge is 2.17. The van der Waals surface area contributed by atoms with Crippen LogP contribution in [0.5, 0.6) is 0 Å². The van der Waals surface area contributed by atoms with Gasteiger partial charge in [-0.3, -0.25) is 4.98 Å². The Morgan fingerprint density at radius 2 is 2.09 bits per heavy atom. The largest absolute Gasteiger partial charge is 0.458 e. The van der Waals surface area contributed by atoms with E-state index in [1.54, 1.807) is 12.4 Å². The molecule has 0 aliphatic rings. The first-order chi connectivity index (χ1) is 10.6. The fourth-order valence-corrected chi connectivity index (χ4v) is 2.62. The van der Waals surface area contributed by atoms with Crippen molar-refractivity contribution in [1.82, 2.24) is 9.55 Å². The summed E-state index contributed by atoms with van der Waals surface area (Å²) in [6, 6.07) is 13.6. The first-order valence-electron chi connectivity index (χ1n) is 7.29. The molecule has 0 amide bonds. The third kappa shape index (κ3) is 2.86. The zero-order valence-corrected chi connectivity index (χ0v) is 12.7. The van der Waals surface area contributed by atoms with Crippen LogP contribution < -0.4 is 0 Å². The lowest BCUT2D eigenvalue weighted by Crippen LogP contribution is -2.19. The molecule has 1 atom stereocenters. The Labute approximate surface area is 129 Å². The summed E-state index contributed by atoms with van der Waals surface area (Å²) in [7, 11) is 1.88. The summed E-state index contributed by atoms with van der Waals surface area (Å²) in [6.07, 6.45) is 3.98. The van der Waals surface area contributed by atoms with E-state index >= 15 is 0 Å². The van der Waals surface area contributed by atoms with E-state index in [1.807, 2.05) is 61.0 Å². The normalized spacial score (nSPS) is 12.3.